The number of halogens is 1. The minimum atomic E-state index is -0.896. The Morgan fingerprint density at radius 3 is 2.72 bits per heavy atom. The van der Waals surface area contributed by atoms with E-state index in [1.807, 2.05) is 36.2 Å². The average molecular weight is 270 g/mol. The molecule has 1 saturated heterocycles. The van der Waals surface area contributed by atoms with Gasteiger partial charge in [0.2, 0.25) is 0 Å². The minimum absolute atomic E-state index is 0.210. The number of ether oxygens (including phenoxy) is 1. The molecule has 0 spiro atoms. The van der Waals surface area contributed by atoms with Crippen LogP contribution in [-0.4, -0.2) is 48.3 Å². The molecule has 0 saturated carbocycles. The molecule has 0 amide bonds. The maximum Gasteiger partial charge on any atom is 0.334 e. The first-order valence-electron chi connectivity index (χ1n) is 5.85. The number of benzene rings is 1. The highest BCUT2D eigenvalue weighted by molar-refractivity contribution is 6.30. The molecule has 1 aromatic carbocycles. The molecule has 1 aliphatic heterocycles. The number of carboxylic acids is 1. The van der Waals surface area contributed by atoms with E-state index in [0.717, 1.165) is 11.4 Å². The highest BCUT2D eigenvalue weighted by Crippen LogP contribution is 2.16. The lowest BCUT2D eigenvalue weighted by atomic mass is 10.0. The van der Waals surface area contributed by atoms with Crippen molar-refractivity contribution >= 4 is 17.6 Å². The standard InChI is InChI=1S/C13H16ClNO3/c1-15-7-12(13(16)17)18-8-11(15)6-9-2-4-10(14)5-3-9/h2-5,11-12H,6-8H2,1H3,(H,16,17)/t11-,12+/m0/s1. The van der Waals surface area contributed by atoms with Crippen molar-refractivity contribution in [2.45, 2.75) is 18.6 Å². The van der Waals surface area contributed by atoms with E-state index in [2.05, 4.69) is 0 Å². The predicted octanol–water partition coefficient (Wildman–Crippen LogP) is 1.67. The van der Waals surface area contributed by atoms with E-state index in [1.54, 1.807) is 0 Å². The quantitative estimate of drug-likeness (QED) is 0.907. The highest BCUT2D eigenvalue weighted by atomic mass is 35.5. The molecule has 1 aromatic rings. The van der Waals surface area contributed by atoms with Crippen molar-refractivity contribution in [2.24, 2.45) is 0 Å². The van der Waals surface area contributed by atoms with Crippen molar-refractivity contribution in [3.8, 4) is 0 Å². The number of likely N-dealkylation sites (N-methyl/N-ethyl adjacent to an activating group) is 1. The third kappa shape index (κ3) is 3.22. The lowest BCUT2D eigenvalue weighted by molar-refractivity contribution is -0.158. The first kappa shape index (κ1) is 13.3. The molecule has 0 aromatic heterocycles. The second-order valence-electron chi connectivity index (χ2n) is 4.58. The van der Waals surface area contributed by atoms with E-state index in [1.165, 1.54) is 5.56 Å². The summed E-state index contributed by atoms with van der Waals surface area (Å²) < 4.78 is 5.35. The van der Waals surface area contributed by atoms with Crippen LogP contribution in [0.5, 0.6) is 0 Å². The van der Waals surface area contributed by atoms with Gasteiger partial charge in [0.25, 0.3) is 0 Å². The Morgan fingerprint density at radius 1 is 1.50 bits per heavy atom. The van der Waals surface area contributed by atoms with Crippen LogP contribution < -0.4 is 0 Å². The molecule has 5 heteroatoms. The van der Waals surface area contributed by atoms with Gasteiger partial charge in [-0.15, -0.1) is 0 Å². The Balaban J connectivity index is 1.95. The number of carboxylic acid groups (broad SMARTS) is 1. The molecule has 1 fully saturated rings. The van der Waals surface area contributed by atoms with E-state index < -0.39 is 12.1 Å². The normalized spacial score (nSPS) is 25.0. The van der Waals surface area contributed by atoms with Crippen LogP contribution in [0, 0.1) is 0 Å². The van der Waals surface area contributed by atoms with Gasteiger partial charge >= 0.3 is 5.97 Å². The van der Waals surface area contributed by atoms with E-state index in [0.29, 0.717) is 13.2 Å². The summed E-state index contributed by atoms with van der Waals surface area (Å²) in [6.45, 7) is 0.865. The van der Waals surface area contributed by atoms with Crippen LogP contribution in [0.15, 0.2) is 24.3 Å². The Bertz CT molecular complexity index is 421. The average Bonchev–Trinajstić information content (AvgIpc) is 2.34. The summed E-state index contributed by atoms with van der Waals surface area (Å²) in [5, 5.41) is 9.62. The molecule has 0 unspecified atom stereocenters. The van der Waals surface area contributed by atoms with Crippen molar-refractivity contribution in [2.75, 3.05) is 20.2 Å². The van der Waals surface area contributed by atoms with E-state index in [9.17, 15) is 4.79 Å². The Kier molecular flexibility index (Phi) is 4.22. The fourth-order valence-electron chi connectivity index (χ4n) is 2.07. The van der Waals surface area contributed by atoms with E-state index >= 15 is 0 Å². The van der Waals surface area contributed by atoms with E-state index in [-0.39, 0.29) is 6.04 Å². The Labute approximate surface area is 111 Å². The number of hydrogen-bond acceptors (Lipinski definition) is 3. The molecule has 1 aliphatic rings. The molecule has 0 aliphatic carbocycles. The molecule has 4 nitrogen and oxygen atoms in total. The fraction of sp³-hybridized carbons (Fsp3) is 0.462. The number of aliphatic carboxylic acids is 1. The second kappa shape index (κ2) is 5.69. The smallest absolute Gasteiger partial charge is 0.334 e. The molecule has 0 radical (unpaired) electrons. The molecule has 1 N–H and O–H groups in total. The zero-order valence-corrected chi connectivity index (χ0v) is 10.9. The highest BCUT2D eigenvalue weighted by Gasteiger charge is 2.30. The predicted molar refractivity (Wildman–Crippen MR) is 68.9 cm³/mol. The van der Waals surface area contributed by atoms with Gasteiger partial charge in [0.15, 0.2) is 6.10 Å². The van der Waals surface area contributed by atoms with Crippen LogP contribution in [0.25, 0.3) is 0 Å². The first-order chi connectivity index (χ1) is 8.56. The summed E-state index contributed by atoms with van der Waals surface area (Å²) in [5.41, 5.74) is 1.17. The maximum absolute atomic E-state index is 10.8. The Morgan fingerprint density at radius 2 is 2.17 bits per heavy atom. The van der Waals surface area contributed by atoms with Gasteiger partial charge in [-0.05, 0) is 31.2 Å². The third-order valence-electron chi connectivity index (χ3n) is 3.23. The molecule has 1 heterocycles. The van der Waals surface area contributed by atoms with Crippen LogP contribution in [0.4, 0.5) is 0 Å². The van der Waals surface area contributed by atoms with Gasteiger partial charge in [-0.25, -0.2) is 4.79 Å². The van der Waals surface area contributed by atoms with Gasteiger partial charge in [-0.3, -0.25) is 4.90 Å². The van der Waals surface area contributed by atoms with E-state index in [4.69, 9.17) is 21.4 Å². The lowest BCUT2D eigenvalue weighted by Gasteiger charge is -2.35. The molecule has 18 heavy (non-hydrogen) atoms. The summed E-state index contributed by atoms with van der Waals surface area (Å²) in [6, 6.07) is 7.90. The van der Waals surface area contributed by atoms with Gasteiger partial charge in [-0.1, -0.05) is 23.7 Å². The third-order valence-corrected chi connectivity index (χ3v) is 3.48. The first-order valence-corrected chi connectivity index (χ1v) is 6.23. The van der Waals surface area contributed by atoms with Crippen LogP contribution in [0.1, 0.15) is 5.56 Å². The van der Waals surface area contributed by atoms with Crippen molar-refractivity contribution in [1.29, 1.82) is 0 Å². The van der Waals surface area contributed by atoms with Crippen LogP contribution >= 0.6 is 11.6 Å². The maximum atomic E-state index is 10.8. The van der Waals surface area contributed by atoms with Crippen LogP contribution in [0.3, 0.4) is 0 Å². The molecule has 0 bridgehead atoms. The zero-order chi connectivity index (χ0) is 13.1. The summed E-state index contributed by atoms with van der Waals surface area (Å²) >= 11 is 5.84. The van der Waals surface area contributed by atoms with Crippen LogP contribution in [0.2, 0.25) is 5.02 Å². The van der Waals surface area contributed by atoms with Crippen LogP contribution in [-0.2, 0) is 16.0 Å². The zero-order valence-electron chi connectivity index (χ0n) is 10.2. The van der Waals surface area contributed by atoms with Gasteiger partial charge < -0.3 is 9.84 Å². The fourth-order valence-corrected chi connectivity index (χ4v) is 2.20. The van der Waals surface area contributed by atoms with Crippen molar-refractivity contribution < 1.29 is 14.6 Å². The summed E-state index contributed by atoms with van der Waals surface area (Å²) in [7, 11) is 1.93. The second-order valence-corrected chi connectivity index (χ2v) is 5.02. The van der Waals surface area contributed by atoms with Gasteiger partial charge in [0, 0.05) is 17.6 Å². The number of morpholine rings is 1. The largest absolute Gasteiger partial charge is 0.479 e. The Hall–Kier alpha value is -1.10. The number of hydrogen-bond donors (Lipinski definition) is 1. The number of nitrogens with zero attached hydrogens (tertiary/aromatic N) is 1. The van der Waals surface area contributed by atoms with Gasteiger partial charge in [0.05, 0.1) is 6.61 Å². The lowest BCUT2D eigenvalue weighted by Crippen LogP contribution is -2.51. The van der Waals surface area contributed by atoms with Crippen molar-refractivity contribution in [1.82, 2.24) is 4.90 Å². The number of rotatable bonds is 3. The molecule has 2 rings (SSSR count). The topological polar surface area (TPSA) is 49.8 Å². The van der Waals surface area contributed by atoms with Gasteiger partial charge in [-0.2, -0.15) is 0 Å². The van der Waals surface area contributed by atoms with Crippen molar-refractivity contribution in [3.63, 3.8) is 0 Å². The SMILES string of the molecule is CN1C[C@H](C(=O)O)OC[C@@H]1Cc1ccc(Cl)cc1. The number of carbonyl (C=O) groups is 1. The molecular weight excluding hydrogens is 254 g/mol. The molecule has 2 atom stereocenters. The van der Waals surface area contributed by atoms with Crippen molar-refractivity contribution in [3.05, 3.63) is 34.9 Å². The summed E-state index contributed by atoms with van der Waals surface area (Å²) in [6.07, 6.45) is 0.122. The summed E-state index contributed by atoms with van der Waals surface area (Å²) in [4.78, 5) is 12.9. The monoisotopic (exact) mass is 269 g/mol. The van der Waals surface area contributed by atoms with Gasteiger partial charge in [0.1, 0.15) is 0 Å². The summed E-state index contributed by atoms with van der Waals surface area (Å²) in [5.74, 6) is -0.896. The molecular formula is C13H16ClNO3. The minimum Gasteiger partial charge on any atom is -0.479 e. The molecule has 98 valence electrons.